The molecule has 124 valence electrons. The predicted molar refractivity (Wildman–Crippen MR) is 89.2 cm³/mol. The van der Waals surface area contributed by atoms with Crippen molar-refractivity contribution in [2.75, 3.05) is 12.9 Å². The number of thioether (sulfide) groups is 1. The zero-order chi connectivity index (χ0) is 17.0. The summed E-state index contributed by atoms with van der Waals surface area (Å²) in [5.41, 5.74) is 0. The molecule has 9 heteroatoms. The van der Waals surface area contributed by atoms with Gasteiger partial charge in [-0.3, -0.25) is 4.79 Å². The van der Waals surface area contributed by atoms with Crippen LogP contribution in [0.25, 0.3) is 0 Å². The Labute approximate surface area is 148 Å². The van der Waals surface area contributed by atoms with Gasteiger partial charge in [0.15, 0.2) is 17.1 Å². The Balaban J connectivity index is 2.09. The molecular formula is C14H15Cl2N3O3S. The first-order valence-electron chi connectivity index (χ1n) is 6.63. The molecule has 1 aromatic heterocycles. The van der Waals surface area contributed by atoms with E-state index >= 15 is 0 Å². The van der Waals surface area contributed by atoms with Crippen molar-refractivity contribution >= 4 is 40.9 Å². The summed E-state index contributed by atoms with van der Waals surface area (Å²) in [5.74, 6) is 0.969. The average Bonchev–Trinajstić information content (AvgIpc) is 2.88. The summed E-state index contributed by atoms with van der Waals surface area (Å²) in [4.78, 5) is 11.2. The maximum atomic E-state index is 11.2. The van der Waals surface area contributed by atoms with Crippen LogP contribution in [0.5, 0.6) is 5.75 Å². The number of rotatable bonds is 6. The van der Waals surface area contributed by atoms with Gasteiger partial charge in [-0.25, -0.2) is 0 Å². The zero-order valence-corrected chi connectivity index (χ0v) is 15.1. The standard InChI is InChI=1S/C14H15Cl2N3O3S/c1-8(22-11-5-4-9(15)6-10(11)16)13-17-18-14(19(13)2)23-7-12(20)21-3/h4-6,8H,7H2,1-3H3. The van der Waals surface area contributed by atoms with Gasteiger partial charge in [0.2, 0.25) is 0 Å². The van der Waals surface area contributed by atoms with Crippen LogP contribution in [0, 0.1) is 0 Å². The first kappa shape index (κ1) is 17.9. The Hall–Kier alpha value is -1.44. The van der Waals surface area contributed by atoms with Crippen molar-refractivity contribution in [2.24, 2.45) is 7.05 Å². The zero-order valence-electron chi connectivity index (χ0n) is 12.7. The Bertz CT molecular complexity index is 709. The molecular weight excluding hydrogens is 361 g/mol. The highest BCUT2D eigenvalue weighted by Crippen LogP contribution is 2.31. The number of hydrogen-bond donors (Lipinski definition) is 0. The number of esters is 1. The summed E-state index contributed by atoms with van der Waals surface area (Å²) in [6.45, 7) is 1.84. The number of hydrogen-bond acceptors (Lipinski definition) is 6. The lowest BCUT2D eigenvalue weighted by atomic mass is 10.3. The Morgan fingerprint density at radius 3 is 2.78 bits per heavy atom. The number of ether oxygens (including phenoxy) is 2. The Morgan fingerprint density at radius 1 is 1.39 bits per heavy atom. The molecule has 0 aliphatic heterocycles. The van der Waals surface area contributed by atoms with Gasteiger partial charge in [0.25, 0.3) is 0 Å². The molecule has 2 rings (SSSR count). The third-order valence-corrected chi connectivity index (χ3v) is 4.50. The van der Waals surface area contributed by atoms with Crippen molar-refractivity contribution in [2.45, 2.75) is 18.2 Å². The molecule has 0 saturated heterocycles. The maximum Gasteiger partial charge on any atom is 0.316 e. The van der Waals surface area contributed by atoms with E-state index in [-0.39, 0.29) is 17.8 Å². The van der Waals surface area contributed by atoms with Crippen LogP contribution in [0.4, 0.5) is 0 Å². The van der Waals surface area contributed by atoms with Gasteiger partial charge < -0.3 is 14.0 Å². The van der Waals surface area contributed by atoms with Crippen molar-refractivity contribution in [1.29, 1.82) is 0 Å². The van der Waals surface area contributed by atoms with E-state index in [0.29, 0.717) is 26.8 Å². The van der Waals surface area contributed by atoms with E-state index in [0.717, 1.165) is 0 Å². The van der Waals surface area contributed by atoms with Gasteiger partial charge in [0.05, 0.1) is 17.9 Å². The fourth-order valence-electron chi connectivity index (χ4n) is 1.80. The highest BCUT2D eigenvalue weighted by molar-refractivity contribution is 7.99. The fraction of sp³-hybridized carbons (Fsp3) is 0.357. The molecule has 23 heavy (non-hydrogen) atoms. The van der Waals surface area contributed by atoms with Gasteiger partial charge >= 0.3 is 5.97 Å². The van der Waals surface area contributed by atoms with Crippen LogP contribution >= 0.6 is 35.0 Å². The molecule has 0 fully saturated rings. The number of carbonyl (C=O) groups excluding carboxylic acids is 1. The lowest BCUT2D eigenvalue weighted by molar-refractivity contribution is -0.137. The van der Waals surface area contributed by atoms with E-state index < -0.39 is 0 Å². The van der Waals surface area contributed by atoms with E-state index in [1.807, 2.05) is 6.92 Å². The molecule has 2 aromatic rings. The van der Waals surface area contributed by atoms with Gasteiger partial charge in [-0.2, -0.15) is 0 Å². The molecule has 0 N–H and O–H groups in total. The number of methoxy groups -OCH3 is 1. The maximum absolute atomic E-state index is 11.2. The molecule has 0 spiro atoms. The molecule has 1 heterocycles. The molecule has 0 saturated carbocycles. The van der Waals surface area contributed by atoms with Gasteiger partial charge in [0, 0.05) is 12.1 Å². The average molecular weight is 376 g/mol. The topological polar surface area (TPSA) is 66.2 Å². The fourth-order valence-corrected chi connectivity index (χ4v) is 3.01. The predicted octanol–water partition coefficient (Wildman–Crippen LogP) is 3.53. The second-order valence-corrected chi connectivity index (χ2v) is 6.39. The SMILES string of the molecule is COC(=O)CSc1nnc(C(C)Oc2ccc(Cl)cc2Cl)n1C. The summed E-state index contributed by atoms with van der Waals surface area (Å²) in [7, 11) is 3.15. The molecule has 6 nitrogen and oxygen atoms in total. The summed E-state index contributed by atoms with van der Waals surface area (Å²) < 4.78 is 12.2. The molecule has 1 unspecified atom stereocenters. The molecule has 1 atom stereocenters. The van der Waals surface area contributed by atoms with Crippen LogP contribution < -0.4 is 4.74 Å². The second-order valence-electron chi connectivity index (χ2n) is 4.60. The van der Waals surface area contributed by atoms with Crippen LogP contribution in [-0.2, 0) is 16.6 Å². The van der Waals surface area contributed by atoms with Crippen molar-refractivity contribution in [3.8, 4) is 5.75 Å². The molecule has 0 aliphatic rings. The lowest BCUT2D eigenvalue weighted by Crippen LogP contribution is -2.10. The second kappa shape index (κ2) is 7.90. The smallest absolute Gasteiger partial charge is 0.316 e. The minimum absolute atomic E-state index is 0.167. The summed E-state index contributed by atoms with van der Waals surface area (Å²) >= 11 is 13.2. The summed E-state index contributed by atoms with van der Waals surface area (Å²) in [5, 5.41) is 9.72. The van der Waals surface area contributed by atoms with Crippen LogP contribution in [0.2, 0.25) is 10.0 Å². The number of carbonyl (C=O) groups is 1. The van der Waals surface area contributed by atoms with Crippen molar-refractivity contribution in [3.05, 3.63) is 34.1 Å². The van der Waals surface area contributed by atoms with E-state index in [4.69, 9.17) is 27.9 Å². The highest BCUT2D eigenvalue weighted by atomic mass is 35.5. The normalized spacial score (nSPS) is 12.0. The number of aromatic nitrogens is 3. The van der Waals surface area contributed by atoms with Gasteiger partial charge in [0.1, 0.15) is 5.75 Å². The van der Waals surface area contributed by atoms with Crippen molar-refractivity contribution < 1.29 is 14.3 Å². The number of nitrogens with zero attached hydrogens (tertiary/aromatic N) is 3. The number of benzene rings is 1. The Morgan fingerprint density at radius 2 is 2.13 bits per heavy atom. The van der Waals surface area contributed by atoms with E-state index in [2.05, 4.69) is 14.9 Å². The van der Waals surface area contributed by atoms with Gasteiger partial charge in [-0.1, -0.05) is 35.0 Å². The van der Waals surface area contributed by atoms with Gasteiger partial charge in [-0.05, 0) is 25.1 Å². The molecule has 0 radical (unpaired) electrons. The minimum atomic E-state index is -0.376. The van der Waals surface area contributed by atoms with E-state index in [9.17, 15) is 4.79 Å². The van der Waals surface area contributed by atoms with Crippen molar-refractivity contribution in [3.63, 3.8) is 0 Å². The van der Waals surface area contributed by atoms with Gasteiger partial charge in [-0.15, -0.1) is 10.2 Å². The monoisotopic (exact) mass is 375 g/mol. The lowest BCUT2D eigenvalue weighted by Gasteiger charge is -2.15. The first-order valence-corrected chi connectivity index (χ1v) is 8.37. The molecule has 0 amide bonds. The summed E-state index contributed by atoms with van der Waals surface area (Å²) in [6, 6.07) is 5.01. The van der Waals surface area contributed by atoms with Crippen LogP contribution in [0.1, 0.15) is 18.9 Å². The van der Waals surface area contributed by atoms with Crippen LogP contribution in [0.15, 0.2) is 23.4 Å². The van der Waals surface area contributed by atoms with E-state index in [1.165, 1.54) is 18.9 Å². The first-order chi connectivity index (χ1) is 10.9. The molecule has 0 bridgehead atoms. The van der Waals surface area contributed by atoms with Crippen LogP contribution in [-0.4, -0.2) is 33.6 Å². The summed E-state index contributed by atoms with van der Waals surface area (Å²) in [6.07, 6.45) is -0.376. The highest BCUT2D eigenvalue weighted by Gasteiger charge is 2.19. The quantitative estimate of drug-likeness (QED) is 0.568. The molecule has 1 aromatic carbocycles. The van der Waals surface area contributed by atoms with Crippen molar-refractivity contribution in [1.82, 2.24) is 14.8 Å². The number of halogens is 2. The van der Waals surface area contributed by atoms with E-state index in [1.54, 1.807) is 29.8 Å². The van der Waals surface area contributed by atoms with Crippen LogP contribution in [0.3, 0.4) is 0 Å². The largest absolute Gasteiger partial charge is 0.481 e. The third kappa shape index (κ3) is 4.53. The molecule has 0 aliphatic carbocycles. The Kier molecular flexibility index (Phi) is 6.15. The third-order valence-electron chi connectivity index (χ3n) is 2.98. The minimum Gasteiger partial charge on any atom is -0.481 e.